The number of carbonyl (C=O) groups is 2. The number of nitrogens with one attached hydrogen (secondary N) is 1. The average Bonchev–Trinajstić information content (AvgIpc) is 2.27. The minimum Gasteiger partial charge on any atom is -0.466 e. The Labute approximate surface area is 81.4 Å². The van der Waals surface area contributed by atoms with Gasteiger partial charge in [-0.2, -0.15) is 0 Å². The Morgan fingerprint density at radius 2 is 1.57 bits per heavy atom. The quantitative estimate of drug-likeness (QED) is 0.636. The highest BCUT2D eigenvalue weighted by Gasteiger charge is 2.19. The number of rotatable bonds is 2. The second-order valence-corrected chi connectivity index (χ2v) is 2.67. The van der Waals surface area contributed by atoms with E-state index in [-0.39, 0.29) is 6.42 Å². The van der Waals surface area contributed by atoms with Crippen LogP contribution in [-0.4, -0.2) is 26.2 Å². The van der Waals surface area contributed by atoms with E-state index in [1.54, 1.807) is 0 Å². The first kappa shape index (κ1) is 10.3. The van der Waals surface area contributed by atoms with Gasteiger partial charge in [-0.15, -0.1) is 0 Å². The predicted molar refractivity (Wildman–Crippen MR) is 48.0 cm³/mol. The molecular formula is C9H11NO4. The minimum absolute atomic E-state index is 0.229. The topological polar surface area (TPSA) is 64.6 Å². The summed E-state index contributed by atoms with van der Waals surface area (Å²) < 4.78 is 9.05. The van der Waals surface area contributed by atoms with Crippen LogP contribution >= 0.6 is 0 Å². The van der Waals surface area contributed by atoms with Crippen LogP contribution in [0.2, 0.25) is 0 Å². The van der Waals surface area contributed by atoms with Crippen molar-refractivity contribution < 1.29 is 19.1 Å². The maximum absolute atomic E-state index is 11.1. The lowest BCUT2D eigenvalue weighted by atomic mass is 10.1. The molecule has 0 aromatic rings. The van der Waals surface area contributed by atoms with Crippen LogP contribution in [0, 0.1) is 0 Å². The van der Waals surface area contributed by atoms with Gasteiger partial charge in [0.2, 0.25) is 0 Å². The number of methoxy groups -OCH3 is 2. The third-order valence-electron chi connectivity index (χ3n) is 1.79. The van der Waals surface area contributed by atoms with Crippen LogP contribution in [0.4, 0.5) is 0 Å². The summed E-state index contributed by atoms with van der Waals surface area (Å²) in [5.74, 6) is -0.904. The molecule has 0 atom stereocenters. The van der Waals surface area contributed by atoms with E-state index in [9.17, 15) is 9.59 Å². The fourth-order valence-electron chi connectivity index (χ4n) is 1.07. The van der Waals surface area contributed by atoms with Gasteiger partial charge in [0, 0.05) is 18.8 Å². The van der Waals surface area contributed by atoms with E-state index in [0.29, 0.717) is 11.1 Å². The van der Waals surface area contributed by atoms with E-state index in [2.05, 4.69) is 14.8 Å². The second-order valence-electron chi connectivity index (χ2n) is 2.67. The molecule has 0 aromatic heterocycles. The first-order valence-electron chi connectivity index (χ1n) is 3.99. The lowest BCUT2D eigenvalue weighted by molar-refractivity contribution is -0.136. The van der Waals surface area contributed by atoms with E-state index in [1.807, 2.05) is 0 Å². The molecule has 0 fully saturated rings. The fourth-order valence-corrected chi connectivity index (χ4v) is 1.07. The SMILES string of the molecule is COC(=O)C1=CNC=C(C(=O)OC)C1. The van der Waals surface area contributed by atoms with Crippen molar-refractivity contribution in [3.8, 4) is 0 Å². The number of dihydropyridines is 1. The van der Waals surface area contributed by atoms with Crippen LogP contribution < -0.4 is 5.32 Å². The zero-order chi connectivity index (χ0) is 10.6. The van der Waals surface area contributed by atoms with Gasteiger partial charge < -0.3 is 14.8 Å². The van der Waals surface area contributed by atoms with Gasteiger partial charge in [0.05, 0.1) is 25.4 Å². The Kier molecular flexibility index (Phi) is 3.28. The Morgan fingerprint density at radius 3 is 1.93 bits per heavy atom. The highest BCUT2D eigenvalue weighted by molar-refractivity contribution is 5.95. The smallest absolute Gasteiger partial charge is 0.335 e. The third-order valence-corrected chi connectivity index (χ3v) is 1.79. The fraction of sp³-hybridized carbons (Fsp3) is 0.333. The van der Waals surface area contributed by atoms with Crippen molar-refractivity contribution in [3.05, 3.63) is 23.5 Å². The molecule has 1 N–H and O–H groups in total. The summed E-state index contributed by atoms with van der Waals surface area (Å²) in [6.45, 7) is 0. The van der Waals surface area contributed by atoms with Crippen LogP contribution in [0.3, 0.4) is 0 Å². The van der Waals surface area contributed by atoms with Gasteiger partial charge in [-0.25, -0.2) is 9.59 Å². The molecule has 0 aromatic carbocycles. The highest BCUT2D eigenvalue weighted by Crippen LogP contribution is 2.15. The van der Waals surface area contributed by atoms with Crippen molar-refractivity contribution in [2.75, 3.05) is 14.2 Å². The van der Waals surface area contributed by atoms with Crippen LogP contribution in [-0.2, 0) is 19.1 Å². The van der Waals surface area contributed by atoms with Crippen LogP contribution in [0.1, 0.15) is 6.42 Å². The summed E-state index contributed by atoms with van der Waals surface area (Å²) >= 11 is 0. The van der Waals surface area contributed by atoms with Crippen LogP contribution in [0.15, 0.2) is 23.5 Å². The molecular weight excluding hydrogens is 186 g/mol. The molecule has 1 rings (SSSR count). The summed E-state index contributed by atoms with van der Waals surface area (Å²) in [6.07, 6.45) is 3.23. The molecule has 0 spiro atoms. The highest BCUT2D eigenvalue weighted by atomic mass is 16.5. The number of hydrogen-bond acceptors (Lipinski definition) is 5. The number of carbonyl (C=O) groups excluding carboxylic acids is 2. The molecule has 1 aliphatic heterocycles. The van der Waals surface area contributed by atoms with Crippen LogP contribution in [0.25, 0.3) is 0 Å². The molecule has 14 heavy (non-hydrogen) atoms. The summed E-state index contributed by atoms with van der Waals surface area (Å²) in [7, 11) is 2.58. The lowest BCUT2D eigenvalue weighted by Crippen LogP contribution is -2.18. The molecule has 0 bridgehead atoms. The predicted octanol–water partition coefficient (Wildman–Crippen LogP) is 0.0935. The molecule has 5 nitrogen and oxygen atoms in total. The van der Waals surface area contributed by atoms with Crippen molar-refractivity contribution in [1.29, 1.82) is 0 Å². The maximum Gasteiger partial charge on any atom is 0.335 e. The largest absolute Gasteiger partial charge is 0.466 e. The average molecular weight is 197 g/mol. The number of ether oxygens (including phenoxy) is 2. The van der Waals surface area contributed by atoms with Gasteiger partial charge in [0.15, 0.2) is 0 Å². The standard InChI is InChI=1S/C9H11NO4/c1-13-8(11)6-3-7(5-10-4-6)9(12)14-2/h4-5,10H,3H2,1-2H3. The first-order chi connectivity index (χ1) is 6.69. The van der Waals surface area contributed by atoms with Gasteiger partial charge in [0.25, 0.3) is 0 Å². The molecule has 0 aliphatic carbocycles. The van der Waals surface area contributed by atoms with Gasteiger partial charge in [-0.1, -0.05) is 0 Å². The third kappa shape index (κ3) is 2.12. The van der Waals surface area contributed by atoms with Crippen molar-refractivity contribution in [3.63, 3.8) is 0 Å². The van der Waals surface area contributed by atoms with Gasteiger partial charge in [-0.05, 0) is 0 Å². The Hall–Kier alpha value is -1.78. The summed E-state index contributed by atoms with van der Waals surface area (Å²) in [6, 6.07) is 0. The summed E-state index contributed by atoms with van der Waals surface area (Å²) in [5, 5.41) is 2.69. The Bertz CT molecular complexity index is 287. The lowest BCUT2D eigenvalue weighted by Gasteiger charge is -2.12. The number of esters is 2. The molecule has 1 aliphatic rings. The normalized spacial score (nSPS) is 14.7. The van der Waals surface area contributed by atoms with E-state index in [1.165, 1.54) is 26.6 Å². The molecule has 0 saturated carbocycles. The van der Waals surface area contributed by atoms with E-state index in [0.717, 1.165) is 0 Å². The van der Waals surface area contributed by atoms with Crippen molar-refractivity contribution in [1.82, 2.24) is 5.32 Å². The van der Waals surface area contributed by atoms with E-state index in [4.69, 9.17) is 0 Å². The van der Waals surface area contributed by atoms with E-state index >= 15 is 0 Å². The molecule has 0 radical (unpaired) electrons. The maximum atomic E-state index is 11.1. The van der Waals surface area contributed by atoms with Gasteiger partial charge in [0.1, 0.15) is 0 Å². The monoisotopic (exact) mass is 197 g/mol. The molecule has 0 amide bonds. The molecule has 0 saturated heterocycles. The van der Waals surface area contributed by atoms with Gasteiger partial charge in [-0.3, -0.25) is 0 Å². The van der Waals surface area contributed by atoms with Crippen molar-refractivity contribution >= 4 is 11.9 Å². The summed E-state index contributed by atoms with van der Waals surface area (Å²) in [4.78, 5) is 22.2. The van der Waals surface area contributed by atoms with E-state index < -0.39 is 11.9 Å². The zero-order valence-electron chi connectivity index (χ0n) is 7.99. The zero-order valence-corrected chi connectivity index (χ0v) is 7.99. The van der Waals surface area contributed by atoms with Gasteiger partial charge >= 0.3 is 11.9 Å². The minimum atomic E-state index is -0.452. The molecule has 0 unspecified atom stereocenters. The van der Waals surface area contributed by atoms with Crippen molar-refractivity contribution in [2.24, 2.45) is 0 Å². The Balaban J connectivity index is 2.68. The Morgan fingerprint density at radius 1 is 1.14 bits per heavy atom. The molecule has 5 heteroatoms. The summed E-state index contributed by atoms with van der Waals surface area (Å²) in [5.41, 5.74) is 0.797. The first-order valence-corrected chi connectivity index (χ1v) is 3.99. The second kappa shape index (κ2) is 4.45. The number of hydrogen-bond donors (Lipinski definition) is 1. The molecule has 1 heterocycles. The van der Waals surface area contributed by atoms with Crippen LogP contribution in [0.5, 0.6) is 0 Å². The molecule has 76 valence electrons. The van der Waals surface area contributed by atoms with Crippen molar-refractivity contribution in [2.45, 2.75) is 6.42 Å².